The minimum atomic E-state index is -0.626. The van der Waals surface area contributed by atoms with Crippen molar-refractivity contribution in [1.29, 1.82) is 0 Å². The molecule has 4 heterocycles. The van der Waals surface area contributed by atoms with Crippen LogP contribution < -0.4 is 10.6 Å². The van der Waals surface area contributed by atoms with Crippen LogP contribution in [0.15, 0.2) is 36.5 Å². The van der Waals surface area contributed by atoms with E-state index in [1.165, 1.54) is 0 Å². The number of carbonyl (C=O) groups excluding carboxylic acids is 1. The van der Waals surface area contributed by atoms with Crippen molar-refractivity contribution in [3.05, 3.63) is 42.1 Å². The summed E-state index contributed by atoms with van der Waals surface area (Å²) in [5, 5.41) is 12.5. The molecule has 1 saturated heterocycles. The number of para-hydroxylation sites is 1. The number of rotatable bonds is 2. The Labute approximate surface area is 151 Å². The van der Waals surface area contributed by atoms with Gasteiger partial charge in [0.1, 0.15) is 11.5 Å². The van der Waals surface area contributed by atoms with E-state index in [0.717, 1.165) is 47.2 Å². The number of nitrogens with zero attached hydrogens (tertiary/aromatic N) is 3. The van der Waals surface area contributed by atoms with Gasteiger partial charge in [0.05, 0.1) is 17.0 Å². The van der Waals surface area contributed by atoms with E-state index in [4.69, 9.17) is 5.10 Å². The van der Waals surface area contributed by atoms with E-state index in [0.29, 0.717) is 11.9 Å². The van der Waals surface area contributed by atoms with Gasteiger partial charge in [-0.1, -0.05) is 18.2 Å². The number of pyridine rings is 1. The van der Waals surface area contributed by atoms with Crippen LogP contribution >= 0.6 is 0 Å². The summed E-state index contributed by atoms with van der Waals surface area (Å²) in [6, 6.07) is 10.7. The zero-order valence-corrected chi connectivity index (χ0v) is 14.9. The summed E-state index contributed by atoms with van der Waals surface area (Å²) in [6.45, 7) is 5.84. The first-order valence-electron chi connectivity index (χ1n) is 9.06. The second-order valence-electron chi connectivity index (χ2n) is 7.62. The molecule has 2 N–H and O–H groups in total. The molecule has 3 aromatic rings. The molecular weight excluding hydrogens is 326 g/mol. The number of anilines is 1. The maximum Gasteiger partial charge on any atom is 0.235 e. The van der Waals surface area contributed by atoms with Crippen LogP contribution in [0.1, 0.15) is 31.9 Å². The molecule has 5 rings (SSSR count). The molecule has 0 unspecified atom stereocenters. The Bertz CT molecular complexity index is 1030. The van der Waals surface area contributed by atoms with Gasteiger partial charge in [-0.25, -0.2) is 4.98 Å². The number of fused-ring (bicyclic) bond motifs is 2. The lowest BCUT2D eigenvalue weighted by molar-refractivity contribution is -0.119. The maximum atomic E-state index is 12.4. The second kappa shape index (κ2) is 5.38. The van der Waals surface area contributed by atoms with Crippen molar-refractivity contribution in [2.24, 2.45) is 0 Å². The SMILES string of the molecule is CC1(C)C(=O)Nc2nccc(-c3nn([C@H]4CCNC4)c4ccccc34)c21. The van der Waals surface area contributed by atoms with E-state index in [9.17, 15) is 4.79 Å². The lowest BCUT2D eigenvalue weighted by atomic mass is 9.83. The zero-order valence-electron chi connectivity index (χ0n) is 14.9. The fourth-order valence-corrected chi connectivity index (χ4v) is 4.18. The lowest BCUT2D eigenvalue weighted by Crippen LogP contribution is -2.27. The Morgan fingerprint density at radius 2 is 2.08 bits per heavy atom. The molecule has 0 spiro atoms. The number of nitrogens with one attached hydrogen (secondary N) is 2. The van der Waals surface area contributed by atoms with Crippen LogP contribution in [0.25, 0.3) is 22.2 Å². The molecule has 132 valence electrons. The first kappa shape index (κ1) is 15.5. The first-order valence-corrected chi connectivity index (χ1v) is 9.06. The van der Waals surface area contributed by atoms with Crippen LogP contribution in [0.4, 0.5) is 5.82 Å². The van der Waals surface area contributed by atoms with E-state index in [2.05, 4.69) is 38.5 Å². The summed E-state index contributed by atoms with van der Waals surface area (Å²) in [5.41, 5.74) is 3.36. The Morgan fingerprint density at radius 3 is 2.88 bits per heavy atom. The summed E-state index contributed by atoms with van der Waals surface area (Å²) in [7, 11) is 0. The molecule has 0 aliphatic carbocycles. The Hall–Kier alpha value is -2.73. The maximum absolute atomic E-state index is 12.4. The summed E-state index contributed by atoms with van der Waals surface area (Å²) in [6.07, 6.45) is 2.83. The Balaban J connectivity index is 1.78. The monoisotopic (exact) mass is 347 g/mol. The van der Waals surface area contributed by atoms with Gasteiger partial charge in [-0.3, -0.25) is 9.48 Å². The highest BCUT2D eigenvalue weighted by molar-refractivity contribution is 6.08. The third kappa shape index (κ3) is 2.05. The van der Waals surface area contributed by atoms with Crippen molar-refractivity contribution in [2.45, 2.75) is 31.7 Å². The number of aromatic nitrogens is 3. The van der Waals surface area contributed by atoms with Gasteiger partial charge < -0.3 is 10.6 Å². The van der Waals surface area contributed by atoms with E-state index >= 15 is 0 Å². The van der Waals surface area contributed by atoms with Gasteiger partial charge >= 0.3 is 0 Å². The molecule has 26 heavy (non-hydrogen) atoms. The minimum absolute atomic E-state index is 0.0174. The van der Waals surface area contributed by atoms with E-state index in [1.807, 2.05) is 26.0 Å². The van der Waals surface area contributed by atoms with E-state index < -0.39 is 5.41 Å². The number of hydrogen-bond acceptors (Lipinski definition) is 4. The molecule has 2 aliphatic rings. The highest BCUT2D eigenvalue weighted by Gasteiger charge is 2.42. The summed E-state index contributed by atoms with van der Waals surface area (Å²) in [5.74, 6) is 0.634. The highest BCUT2D eigenvalue weighted by Crippen LogP contribution is 2.43. The fraction of sp³-hybridized carbons (Fsp3) is 0.350. The van der Waals surface area contributed by atoms with Crippen molar-refractivity contribution in [3.8, 4) is 11.3 Å². The topological polar surface area (TPSA) is 71.8 Å². The summed E-state index contributed by atoms with van der Waals surface area (Å²) >= 11 is 0. The molecule has 0 radical (unpaired) electrons. The molecule has 1 aromatic carbocycles. The molecule has 6 nitrogen and oxygen atoms in total. The lowest BCUT2D eigenvalue weighted by Gasteiger charge is -2.17. The average molecular weight is 347 g/mol. The molecular formula is C20H21N5O. The van der Waals surface area contributed by atoms with Gasteiger partial charge in [-0.15, -0.1) is 0 Å². The highest BCUT2D eigenvalue weighted by atomic mass is 16.2. The van der Waals surface area contributed by atoms with Crippen LogP contribution in [0.5, 0.6) is 0 Å². The van der Waals surface area contributed by atoms with Gasteiger partial charge in [-0.2, -0.15) is 5.10 Å². The number of hydrogen-bond donors (Lipinski definition) is 2. The standard InChI is InChI=1S/C20H21N5O/c1-20(2)16-14(8-10-22-18(16)23-19(20)26)17-13-5-3-4-6-15(13)25(24-17)12-7-9-21-11-12/h3-6,8,10,12,21H,7,9,11H2,1-2H3,(H,22,23,26)/t12-/m0/s1. The largest absolute Gasteiger partial charge is 0.315 e. The predicted octanol–water partition coefficient (Wildman–Crippen LogP) is 2.86. The van der Waals surface area contributed by atoms with Crippen molar-refractivity contribution in [2.75, 3.05) is 18.4 Å². The van der Waals surface area contributed by atoms with Gasteiger partial charge in [0.15, 0.2) is 0 Å². The van der Waals surface area contributed by atoms with Crippen molar-refractivity contribution in [3.63, 3.8) is 0 Å². The van der Waals surface area contributed by atoms with Crippen LogP contribution in [-0.4, -0.2) is 33.8 Å². The molecule has 1 fully saturated rings. The van der Waals surface area contributed by atoms with Crippen molar-refractivity contribution < 1.29 is 4.79 Å². The van der Waals surface area contributed by atoms with E-state index in [-0.39, 0.29) is 5.91 Å². The molecule has 2 aromatic heterocycles. The second-order valence-corrected chi connectivity index (χ2v) is 7.62. The number of carbonyl (C=O) groups is 1. The quantitative estimate of drug-likeness (QED) is 0.748. The Kier molecular flexibility index (Phi) is 3.21. The molecule has 1 atom stereocenters. The Morgan fingerprint density at radius 1 is 1.23 bits per heavy atom. The van der Waals surface area contributed by atoms with Crippen molar-refractivity contribution >= 4 is 22.6 Å². The minimum Gasteiger partial charge on any atom is -0.315 e. The molecule has 0 bridgehead atoms. The van der Waals surface area contributed by atoms with Gasteiger partial charge in [0.25, 0.3) is 0 Å². The normalized spacial score (nSPS) is 21.2. The predicted molar refractivity (Wildman–Crippen MR) is 101 cm³/mol. The third-order valence-corrected chi connectivity index (χ3v) is 5.62. The van der Waals surface area contributed by atoms with Gasteiger partial charge in [0.2, 0.25) is 5.91 Å². The first-order chi connectivity index (χ1) is 12.6. The zero-order chi connectivity index (χ0) is 17.9. The van der Waals surface area contributed by atoms with Crippen LogP contribution in [0, 0.1) is 0 Å². The van der Waals surface area contributed by atoms with Gasteiger partial charge in [-0.05, 0) is 38.9 Å². The number of amides is 1. The smallest absolute Gasteiger partial charge is 0.235 e. The third-order valence-electron chi connectivity index (χ3n) is 5.62. The number of benzene rings is 1. The molecule has 1 amide bonds. The summed E-state index contributed by atoms with van der Waals surface area (Å²) < 4.78 is 2.15. The molecule has 2 aliphatic heterocycles. The van der Waals surface area contributed by atoms with Crippen LogP contribution in [-0.2, 0) is 10.2 Å². The fourth-order valence-electron chi connectivity index (χ4n) is 4.18. The van der Waals surface area contributed by atoms with Crippen LogP contribution in [0.2, 0.25) is 0 Å². The summed E-state index contributed by atoms with van der Waals surface area (Å²) in [4.78, 5) is 16.8. The van der Waals surface area contributed by atoms with Crippen LogP contribution in [0.3, 0.4) is 0 Å². The van der Waals surface area contributed by atoms with Crippen molar-refractivity contribution in [1.82, 2.24) is 20.1 Å². The molecule has 0 saturated carbocycles. The van der Waals surface area contributed by atoms with E-state index in [1.54, 1.807) is 6.20 Å². The average Bonchev–Trinajstić information content (AvgIpc) is 3.33. The molecule has 6 heteroatoms. The van der Waals surface area contributed by atoms with Gasteiger partial charge in [0, 0.05) is 29.3 Å².